The third-order valence-electron chi connectivity index (χ3n) is 10.9. The van der Waals surface area contributed by atoms with E-state index in [2.05, 4.69) is 20.9 Å². The minimum atomic E-state index is -1.69. The van der Waals surface area contributed by atoms with Crippen molar-refractivity contribution in [1.82, 2.24) is 19.5 Å². The van der Waals surface area contributed by atoms with Gasteiger partial charge in [-0.25, -0.2) is 14.6 Å². The summed E-state index contributed by atoms with van der Waals surface area (Å²) in [5, 5.41) is 0. The molecule has 4 aliphatic carbocycles. The van der Waals surface area contributed by atoms with Crippen LogP contribution < -0.4 is 5.73 Å². The van der Waals surface area contributed by atoms with E-state index in [9.17, 15) is 14.0 Å². The summed E-state index contributed by atoms with van der Waals surface area (Å²) in [6.07, 6.45) is 17.5. The summed E-state index contributed by atoms with van der Waals surface area (Å²) in [7, 11) is 0. The Morgan fingerprint density at radius 2 is 1.56 bits per heavy atom. The first kappa shape index (κ1) is 30.0. The molecule has 242 valence electrons. The average molecular weight is 626 g/mol. The van der Waals surface area contributed by atoms with Crippen LogP contribution in [0, 0.1) is 29.3 Å². The summed E-state index contributed by atoms with van der Waals surface area (Å²) in [5.41, 5.74) is 4.95. The Kier molecular flexibility index (Phi) is 7.74. The van der Waals surface area contributed by atoms with Crippen molar-refractivity contribution < 1.29 is 37.7 Å². The minimum absolute atomic E-state index is 0.0223. The number of nitrogen functional groups attached to an aromatic ring is 1. The van der Waals surface area contributed by atoms with E-state index in [0.29, 0.717) is 0 Å². The van der Waals surface area contributed by atoms with Crippen LogP contribution in [0.25, 0.3) is 11.2 Å². The molecule has 2 spiro atoms. The second-order valence-electron chi connectivity index (χ2n) is 13.9. The predicted octanol–water partition coefficient (Wildman–Crippen LogP) is 5.74. The quantitative estimate of drug-likeness (QED) is 0.238. The summed E-state index contributed by atoms with van der Waals surface area (Å²) in [6.45, 7) is -0.445. The van der Waals surface area contributed by atoms with Gasteiger partial charge in [0.25, 0.3) is 0 Å². The molecule has 3 heterocycles. The van der Waals surface area contributed by atoms with Crippen LogP contribution in [-0.4, -0.2) is 62.3 Å². The van der Waals surface area contributed by atoms with Crippen molar-refractivity contribution in [2.24, 2.45) is 10.8 Å². The Morgan fingerprint density at radius 3 is 2.16 bits per heavy atom. The van der Waals surface area contributed by atoms with Crippen LogP contribution in [0.1, 0.15) is 103 Å². The van der Waals surface area contributed by atoms with Crippen LogP contribution in [0.4, 0.5) is 19.8 Å². The van der Waals surface area contributed by atoms with Gasteiger partial charge in [-0.1, -0.05) is 44.4 Å². The van der Waals surface area contributed by atoms with Crippen molar-refractivity contribution in [1.29, 1.82) is 0 Å². The number of terminal acetylenes is 1. The second-order valence-corrected chi connectivity index (χ2v) is 13.9. The lowest BCUT2D eigenvalue weighted by Gasteiger charge is -2.49. The van der Waals surface area contributed by atoms with E-state index in [-0.39, 0.29) is 46.4 Å². The minimum Gasteiger partial charge on any atom is -0.431 e. The number of anilines is 1. The summed E-state index contributed by atoms with van der Waals surface area (Å²) in [4.78, 5) is 37.4. The monoisotopic (exact) mass is 625 g/mol. The van der Waals surface area contributed by atoms with Crippen LogP contribution in [0.3, 0.4) is 0 Å². The van der Waals surface area contributed by atoms with Crippen LogP contribution >= 0.6 is 0 Å². The number of imidazole rings is 1. The molecule has 2 aromatic rings. The van der Waals surface area contributed by atoms with Crippen molar-refractivity contribution >= 4 is 29.3 Å². The fraction of sp³-hybridized carbons (Fsp3) is 0.719. The molecule has 3 atom stereocenters. The third kappa shape index (κ3) is 5.77. The molecule has 0 radical (unpaired) electrons. The molecule has 0 amide bonds. The van der Waals surface area contributed by atoms with E-state index < -0.39 is 42.9 Å². The number of carbonyl (C=O) groups excluding carboxylic acids is 2. The highest BCUT2D eigenvalue weighted by atomic mass is 19.1. The highest BCUT2D eigenvalue weighted by Crippen LogP contribution is 2.54. The van der Waals surface area contributed by atoms with Gasteiger partial charge in [0.2, 0.25) is 5.60 Å². The van der Waals surface area contributed by atoms with Crippen LogP contribution in [0.2, 0.25) is 0 Å². The molecule has 45 heavy (non-hydrogen) atoms. The zero-order valence-electron chi connectivity index (χ0n) is 25.4. The number of halogens is 1. The van der Waals surface area contributed by atoms with Gasteiger partial charge in [0, 0.05) is 6.42 Å². The zero-order valence-corrected chi connectivity index (χ0v) is 25.4. The number of carbonyl (C=O) groups is 2. The Balaban J connectivity index is 1.03. The van der Waals surface area contributed by atoms with Crippen molar-refractivity contribution in [2.75, 3.05) is 12.3 Å². The number of hydrogen-bond acceptors (Lipinski definition) is 11. The second kappa shape index (κ2) is 11.6. The Hall–Kier alpha value is -3.66. The van der Waals surface area contributed by atoms with E-state index in [0.717, 1.165) is 51.4 Å². The molecule has 1 aliphatic heterocycles. The van der Waals surface area contributed by atoms with Crippen molar-refractivity contribution in [3.63, 3.8) is 0 Å². The number of nitrogens with two attached hydrogens (primary N) is 1. The average Bonchev–Trinajstić information content (AvgIpc) is 3.57. The molecular weight excluding hydrogens is 585 g/mol. The van der Waals surface area contributed by atoms with Crippen LogP contribution in [0.15, 0.2) is 6.33 Å². The maximum atomic E-state index is 14.1. The van der Waals surface area contributed by atoms with E-state index in [4.69, 9.17) is 35.8 Å². The smallest absolute Gasteiger partial charge is 0.431 e. The molecule has 12 nitrogen and oxygen atoms in total. The summed E-state index contributed by atoms with van der Waals surface area (Å²) in [6, 6.07) is 0. The first-order valence-corrected chi connectivity index (χ1v) is 16.2. The van der Waals surface area contributed by atoms with Gasteiger partial charge in [0.15, 0.2) is 23.1 Å². The van der Waals surface area contributed by atoms with Gasteiger partial charge >= 0.3 is 18.4 Å². The largest absolute Gasteiger partial charge is 0.508 e. The molecule has 13 heteroatoms. The number of aromatic nitrogens is 4. The van der Waals surface area contributed by atoms with Crippen molar-refractivity contribution in [2.45, 2.75) is 126 Å². The first-order chi connectivity index (χ1) is 21.7. The summed E-state index contributed by atoms with van der Waals surface area (Å²) >= 11 is 0. The number of hydrogen-bond donors (Lipinski definition) is 1. The van der Waals surface area contributed by atoms with Gasteiger partial charge in [-0.05, 0) is 62.2 Å². The lowest BCUT2D eigenvalue weighted by atomic mass is 9.59. The molecule has 0 bridgehead atoms. The molecule has 7 rings (SSSR count). The van der Waals surface area contributed by atoms with Crippen molar-refractivity contribution in [3.8, 4) is 12.3 Å². The molecule has 0 unspecified atom stereocenters. The third-order valence-corrected chi connectivity index (χ3v) is 10.9. The molecule has 4 saturated carbocycles. The predicted molar refractivity (Wildman–Crippen MR) is 157 cm³/mol. The topological polar surface area (TPSA) is 150 Å². The van der Waals surface area contributed by atoms with E-state index in [1.807, 2.05) is 0 Å². The Bertz CT molecular complexity index is 1480. The molecule has 0 aromatic carbocycles. The molecule has 2 aromatic heterocycles. The summed E-state index contributed by atoms with van der Waals surface area (Å²) < 4.78 is 44.3. The molecule has 5 aliphatic rings. The maximum absolute atomic E-state index is 14.1. The standard InChI is InChI=1S/C32H40FN5O7/c1-2-32(18-41-28(39)42-20-14-30(15-20)9-5-3-6-10-30)22(44-29(40)43-21-16-31(17-21)11-7-4-8-12-31)13-23(45-32)38-19-35-24-25(34)36-27(33)37-26(24)38/h1,19-23H,3-18H2,(H2,34,36,37)/t22-,23+,32+/m0/s1. The van der Waals surface area contributed by atoms with E-state index >= 15 is 0 Å². The van der Waals surface area contributed by atoms with E-state index in [1.54, 1.807) is 0 Å². The van der Waals surface area contributed by atoms with Gasteiger partial charge in [0.05, 0.1) is 6.33 Å². The van der Waals surface area contributed by atoms with Gasteiger partial charge in [0.1, 0.15) is 25.0 Å². The maximum Gasteiger partial charge on any atom is 0.508 e. The van der Waals surface area contributed by atoms with Gasteiger partial charge in [-0.15, -0.1) is 6.42 Å². The van der Waals surface area contributed by atoms with Gasteiger partial charge in [-0.3, -0.25) is 4.57 Å². The highest BCUT2D eigenvalue weighted by molar-refractivity contribution is 5.81. The van der Waals surface area contributed by atoms with E-state index in [1.165, 1.54) is 49.4 Å². The normalized spacial score (nSPS) is 30.3. The summed E-state index contributed by atoms with van der Waals surface area (Å²) in [5.74, 6) is 2.42. The Morgan fingerprint density at radius 1 is 0.956 bits per heavy atom. The first-order valence-electron chi connectivity index (χ1n) is 16.2. The van der Waals surface area contributed by atoms with Gasteiger partial charge < -0.3 is 29.4 Å². The fourth-order valence-electron chi connectivity index (χ4n) is 8.49. The number of nitrogens with zero attached hydrogens (tertiary/aromatic N) is 4. The molecule has 5 fully saturated rings. The molecular formula is C32H40FN5O7. The van der Waals surface area contributed by atoms with Crippen LogP contribution in [-0.2, 0) is 23.7 Å². The molecule has 2 N–H and O–H groups in total. The molecule has 1 saturated heterocycles. The van der Waals surface area contributed by atoms with Crippen molar-refractivity contribution in [3.05, 3.63) is 12.4 Å². The Labute approximate surface area is 260 Å². The van der Waals surface area contributed by atoms with Crippen LogP contribution in [0.5, 0.6) is 0 Å². The zero-order chi connectivity index (χ0) is 31.2. The fourth-order valence-corrected chi connectivity index (χ4v) is 8.49. The highest BCUT2D eigenvalue weighted by Gasteiger charge is 2.54. The number of rotatable bonds is 6. The number of ether oxygens (including phenoxy) is 5. The number of fused-ring (bicyclic) bond motifs is 1. The van der Waals surface area contributed by atoms with Gasteiger partial charge in [-0.2, -0.15) is 14.4 Å². The lowest BCUT2D eigenvalue weighted by Crippen LogP contribution is -2.48. The SMILES string of the molecule is C#C[C@]1(COC(=O)OC2CC3(CCCCC3)C2)O[C@@H](n2cnc3c(N)nc(F)nc32)C[C@@H]1OC(=O)OC1CC2(CCCCC2)C1. The lowest BCUT2D eigenvalue weighted by molar-refractivity contribution is -0.127.